The van der Waals surface area contributed by atoms with Gasteiger partial charge in [-0.15, -0.1) is 0 Å². The SMILES string of the molecule is CCOC(=O)c1cc(O[C@@H]2C[C@@H]3CC[C@@H](C3)C2)ccc1F. The number of esters is 1. The second-order valence-corrected chi connectivity index (χ2v) is 6.12. The lowest BCUT2D eigenvalue weighted by Crippen LogP contribution is -2.26. The van der Waals surface area contributed by atoms with Crippen LogP contribution in [-0.2, 0) is 4.74 Å². The van der Waals surface area contributed by atoms with Crippen LogP contribution in [0, 0.1) is 17.7 Å². The Hall–Kier alpha value is -1.58. The van der Waals surface area contributed by atoms with Gasteiger partial charge in [-0.3, -0.25) is 0 Å². The van der Waals surface area contributed by atoms with Gasteiger partial charge in [0.15, 0.2) is 0 Å². The first-order valence-corrected chi connectivity index (χ1v) is 7.79. The van der Waals surface area contributed by atoms with Gasteiger partial charge in [-0.05, 0) is 56.2 Å². The molecule has 0 aromatic heterocycles. The summed E-state index contributed by atoms with van der Waals surface area (Å²) in [5.41, 5.74) is -0.0480. The second-order valence-electron chi connectivity index (χ2n) is 6.12. The van der Waals surface area contributed by atoms with Crippen LogP contribution in [-0.4, -0.2) is 18.7 Å². The number of hydrogen-bond acceptors (Lipinski definition) is 3. The van der Waals surface area contributed by atoms with E-state index in [2.05, 4.69) is 0 Å². The van der Waals surface area contributed by atoms with Crippen molar-refractivity contribution in [1.82, 2.24) is 0 Å². The summed E-state index contributed by atoms with van der Waals surface area (Å²) in [5, 5.41) is 0. The molecule has 21 heavy (non-hydrogen) atoms. The Kier molecular flexibility index (Phi) is 4.13. The lowest BCUT2D eigenvalue weighted by molar-refractivity contribution is 0.0519. The Morgan fingerprint density at radius 2 is 1.95 bits per heavy atom. The molecule has 2 aliphatic rings. The van der Waals surface area contributed by atoms with Crippen LogP contribution in [0.3, 0.4) is 0 Å². The van der Waals surface area contributed by atoms with Crippen molar-refractivity contribution < 1.29 is 18.7 Å². The Morgan fingerprint density at radius 1 is 1.24 bits per heavy atom. The highest BCUT2D eigenvalue weighted by molar-refractivity contribution is 5.90. The van der Waals surface area contributed by atoms with Crippen molar-refractivity contribution in [3.05, 3.63) is 29.6 Å². The van der Waals surface area contributed by atoms with E-state index in [1.165, 1.54) is 31.4 Å². The predicted molar refractivity (Wildman–Crippen MR) is 76.8 cm³/mol. The molecule has 0 N–H and O–H groups in total. The Labute approximate surface area is 124 Å². The van der Waals surface area contributed by atoms with Gasteiger partial charge in [-0.25, -0.2) is 9.18 Å². The summed E-state index contributed by atoms with van der Waals surface area (Å²) in [6.07, 6.45) is 6.28. The highest BCUT2D eigenvalue weighted by atomic mass is 19.1. The maximum Gasteiger partial charge on any atom is 0.341 e. The maximum atomic E-state index is 13.7. The molecule has 0 amide bonds. The van der Waals surface area contributed by atoms with Gasteiger partial charge in [0.2, 0.25) is 0 Å². The van der Waals surface area contributed by atoms with Crippen LogP contribution in [0.5, 0.6) is 5.75 Å². The van der Waals surface area contributed by atoms with Crippen molar-refractivity contribution in [1.29, 1.82) is 0 Å². The van der Waals surface area contributed by atoms with Crippen LogP contribution in [0.25, 0.3) is 0 Å². The molecular weight excluding hydrogens is 271 g/mol. The Balaban J connectivity index is 1.71. The molecule has 0 spiro atoms. The van der Waals surface area contributed by atoms with Gasteiger partial charge >= 0.3 is 5.97 Å². The first kappa shape index (κ1) is 14.4. The van der Waals surface area contributed by atoms with Crippen molar-refractivity contribution in [2.75, 3.05) is 6.61 Å². The summed E-state index contributed by atoms with van der Waals surface area (Å²) in [6.45, 7) is 1.93. The predicted octanol–water partition coefficient (Wildman–Crippen LogP) is 3.96. The van der Waals surface area contributed by atoms with Gasteiger partial charge in [0.05, 0.1) is 18.3 Å². The highest BCUT2D eigenvalue weighted by Gasteiger charge is 2.35. The molecule has 2 saturated carbocycles. The monoisotopic (exact) mass is 292 g/mol. The molecule has 3 nitrogen and oxygen atoms in total. The molecule has 0 heterocycles. The molecule has 3 rings (SSSR count). The smallest absolute Gasteiger partial charge is 0.341 e. The van der Waals surface area contributed by atoms with Crippen molar-refractivity contribution in [3.63, 3.8) is 0 Å². The van der Waals surface area contributed by atoms with Gasteiger partial charge in [-0.1, -0.05) is 12.8 Å². The van der Waals surface area contributed by atoms with E-state index in [9.17, 15) is 9.18 Å². The van der Waals surface area contributed by atoms with E-state index in [-0.39, 0.29) is 18.3 Å². The molecule has 0 saturated heterocycles. The standard InChI is InChI=1S/C17H21FO3/c1-2-20-17(19)15-10-13(5-6-16(15)18)21-14-8-11-3-4-12(7-11)9-14/h5-6,10-12,14H,2-4,7-9H2,1H3/t11-,12+,14-. The summed E-state index contributed by atoms with van der Waals surface area (Å²) in [4.78, 5) is 11.7. The zero-order valence-corrected chi connectivity index (χ0v) is 12.3. The van der Waals surface area contributed by atoms with Crippen LogP contribution in [0.1, 0.15) is 49.4 Å². The number of benzene rings is 1. The van der Waals surface area contributed by atoms with E-state index in [0.29, 0.717) is 5.75 Å². The number of carbonyl (C=O) groups is 1. The van der Waals surface area contributed by atoms with E-state index in [0.717, 1.165) is 24.7 Å². The lowest BCUT2D eigenvalue weighted by Gasteiger charge is -2.28. The van der Waals surface area contributed by atoms with E-state index >= 15 is 0 Å². The fourth-order valence-electron chi connectivity index (χ4n) is 3.68. The van der Waals surface area contributed by atoms with Crippen LogP contribution >= 0.6 is 0 Å². The van der Waals surface area contributed by atoms with Gasteiger partial charge in [0, 0.05) is 0 Å². The molecule has 2 fully saturated rings. The topological polar surface area (TPSA) is 35.5 Å². The average Bonchev–Trinajstić information content (AvgIpc) is 2.80. The Morgan fingerprint density at radius 3 is 2.62 bits per heavy atom. The molecule has 4 heteroatoms. The third kappa shape index (κ3) is 3.20. The first-order valence-electron chi connectivity index (χ1n) is 7.79. The number of fused-ring (bicyclic) bond motifs is 2. The third-order valence-electron chi connectivity index (χ3n) is 4.58. The minimum atomic E-state index is -0.635. The van der Waals surface area contributed by atoms with E-state index in [4.69, 9.17) is 9.47 Å². The van der Waals surface area contributed by atoms with Gasteiger partial charge in [0.1, 0.15) is 11.6 Å². The summed E-state index contributed by atoms with van der Waals surface area (Å²) < 4.78 is 24.5. The molecular formula is C17H21FO3. The quantitative estimate of drug-likeness (QED) is 0.788. The summed E-state index contributed by atoms with van der Waals surface area (Å²) in [7, 11) is 0. The molecule has 2 aliphatic carbocycles. The minimum absolute atomic E-state index is 0.0480. The molecule has 1 aromatic carbocycles. The Bertz CT molecular complexity index is 517. The number of carbonyl (C=O) groups excluding carboxylic acids is 1. The normalized spacial score (nSPS) is 27.4. The zero-order chi connectivity index (χ0) is 14.8. The van der Waals surface area contributed by atoms with Gasteiger partial charge in [0.25, 0.3) is 0 Å². The van der Waals surface area contributed by atoms with Crippen molar-refractivity contribution >= 4 is 5.97 Å². The van der Waals surface area contributed by atoms with Crippen molar-refractivity contribution in [2.24, 2.45) is 11.8 Å². The van der Waals surface area contributed by atoms with Crippen molar-refractivity contribution in [3.8, 4) is 5.75 Å². The van der Waals surface area contributed by atoms with Crippen molar-refractivity contribution in [2.45, 2.75) is 45.1 Å². The fraction of sp³-hybridized carbons (Fsp3) is 0.588. The number of rotatable bonds is 4. The van der Waals surface area contributed by atoms with Gasteiger partial charge < -0.3 is 9.47 Å². The molecule has 0 radical (unpaired) electrons. The first-order chi connectivity index (χ1) is 10.2. The van der Waals surface area contributed by atoms with Gasteiger partial charge in [-0.2, -0.15) is 0 Å². The number of hydrogen-bond donors (Lipinski definition) is 0. The largest absolute Gasteiger partial charge is 0.490 e. The van der Waals surface area contributed by atoms with Crippen LogP contribution in [0.4, 0.5) is 4.39 Å². The van der Waals surface area contributed by atoms with Crippen LogP contribution < -0.4 is 4.74 Å². The number of ether oxygens (including phenoxy) is 2. The summed E-state index contributed by atoms with van der Waals surface area (Å²) >= 11 is 0. The highest BCUT2D eigenvalue weighted by Crippen LogP contribution is 2.43. The fourth-order valence-corrected chi connectivity index (χ4v) is 3.68. The molecule has 114 valence electrons. The summed E-state index contributed by atoms with van der Waals surface area (Å²) in [6, 6.07) is 4.33. The third-order valence-corrected chi connectivity index (χ3v) is 4.58. The zero-order valence-electron chi connectivity index (χ0n) is 12.3. The summed E-state index contributed by atoms with van der Waals surface area (Å²) in [5.74, 6) is 0.914. The maximum absolute atomic E-state index is 13.7. The van der Waals surface area contributed by atoms with E-state index in [1.54, 1.807) is 13.0 Å². The van der Waals surface area contributed by atoms with Crippen LogP contribution in [0.2, 0.25) is 0 Å². The molecule has 0 unspecified atom stereocenters. The average molecular weight is 292 g/mol. The van der Waals surface area contributed by atoms with E-state index in [1.807, 2.05) is 0 Å². The van der Waals surface area contributed by atoms with E-state index < -0.39 is 11.8 Å². The minimum Gasteiger partial charge on any atom is -0.490 e. The number of halogens is 1. The molecule has 1 aromatic rings. The molecule has 0 aliphatic heterocycles. The molecule has 3 atom stereocenters. The van der Waals surface area contributed by atoms with Crippen LogP contribution in [0.15, 0.2) is 18.2 Å². The molecule has 2 bridgehead atoms. The lowest BCUT2D eigenvalue weighted by atomic mass is 9.87. The second kappa shape index (κ2) is 6.04.